The van der Waals surface area contributed by atoms with Crippen LogP contribution in [0.15, 0.2) is 34.4 Å². The maximum Gasteiger partial charge on any atom is 0.261 e. The number of nitrogen functional groups attached to an aromatic ring is 1. The van der Waals surface area contributed by atoms with Crippen LogP contribution in [0.2, 0.25) is 0 Å². The SMILES string of the molecule is Cn1c(N)nc2ccc3nc(-c4cccs4)[nH]c(=O)c3c21. The van der Waals surface area contributed by atoms with Gasteiger partial charge in [-0.3, -0.25) is 4.79 Å². The monoisotopic (exact) mass is 297 g/mol. The van der Waals surface area contributed by atoms with Gasteiger partial charge in [-0.05, 0) is 23.6 Å². The van der Waals surface area contributed by atoms with E-state index in [-0.39, 0.29) is 5.56 Å². The van der Waals surface area contributed by atoms with Crippen LogP contribution in [0.25, 0.3) is 32.6 Å². The van der Waals surface area contributed by atoms with E-state index in [2.05, 4.69) is 15.0 Å². The lowest BCUT2D eigenvalue weighted by Crippen LogP contribution is -2.10. The van der Waals surface area contributed by atoms with Crippen LogP contribution >= 0.6 is 11.3 Å². The Hall–Kier alpha value is -2.67. The molecule has 0 aliphatic rings. The molecule has 0 radical (unpaired) electrons. The number of nitrogens with two attached hydrogens (primary N) is 1. The second-order valence-electron chi connectivity index (χ2n) is 4.75. The molecule has 0 aliphatic carbocycles. The summed E-state index contributed by atoms with van der Waals surface area (Å²) in [6.07, 6.45) is 0. The molecular weight excluding hydrogens is 286 g/mol. The third kappa shape index (κ3) is 1.67. The Morgan fingerprint density at radius 1 is 1.24 bits per heavy atom. The summed E-state index contributed by atoms with van der Waals surface area (Å²) in [5.74, 6) is 0.955. The highest BCUT2D eigenvalue weighted by Gasteiger charge is 2.14. The fourth-order valence-electron chi connectivity index (χ4n) is 2.48. The zero-order chi connectivity index (χ0) is 14.6. The van der Waals surface area contributed by atoms with E-state index in [1.807, 2.05) is 23.6 Å². The number of rotatable bonds is 1. The molecule has 4 rings (SSSR count). The first kappa shape index (κ1) is 12.1. The first-order chi connectivity index (χ1) is 10.1. The maximum absolute atomic E-state index is 12.5. The van der Waals surface area contributed by atoms with Gasteiger partial charge in [0.2, 0.25) is 5.95 Å². The van der Waals surface area contributed by atoms with E-state index in [1.54, 1.807) is 17.7 Å². The molecule has 0 saturated heterocycles. The summed E-state index contributed by atoms with van der Waals surface area (Å²) in [5, 5.41) is 2.46. The second kappa shape index (κ2) is 4.16. The van der Waals surface area contributed by atoms with Crippen LogP contribution < -0.4 is 11.3 Å². The number of nitrogens with one attached hydrogen (secondary N) is 1. The van der Waals surface area contributed by atoms with Crippen molar-refractivity contribution in [2.45, 2.75) is 0 Å². The molecule has 0 atom stereocenters. The molecule has 0 bridgehead atoms. The summed E-state index contributed by atoms with van der Waals surface area (Å²) < 4.78 is 1.71. The molecule has 6 nitrogen and oxygen atoms in total. The zero-order valence-electron chi connectivity index (χ0n) is 11.1. The number of hydrogen-bond acceptors (Lipinski definition) is 5. The number of thiophene rings is 1. The number of H-pyrrole nitrogens is 1. The first-order valence-corrected chi connectivity index (χ1v) is 7.22. The molecule has 0 amide bonds. The van der Waals surface area contributed by atoms with Crippen molar-refractivity contribution in [3.8, 4) is 10.7 Å². The van der Waals surface area contributed by atoms with Gasteiger partial charge in [-0.15, -0.1) is 11.3 Å². The van der Waals surface area contributed by atoms with Crippen molar-refractivity contribution in [3.05, 3.63) is 40.0 Å². The average molecular weight is 297 g/mol. The molecule has 1 aromatic carbocycles. The molecule has 0 aliphatic heterocycles. The third-order valence-electron chi connectivity index (χ3n) is 3.49. The fourth-order valence-corrected chi connectivity index (χ4v) is 3.15. The molecule has 3 aromatic heterocycles. The predicted molar refractivity (Wildman–Crippen MR) is 84.4 cm³/mol. The Morgan fingerprint density at radius 2 is 2.05 bits per heavy atom. The Balaban J connectivity index is 2.15. The van der Waals surface area contributed by atoms with Gasteiger partial charge in [0.1, 0.15) is 0 Å². The number of aryl methyl sites for hydroxylation is 1. The van der Waals surface area contributed by atoms with Crippen molar-refractivity contribution in [2.24, 2.45) is 7.05 Å². The molecule has 0 spiro atoms. The molecule has 104 valence electrons. The van der Waals surface area contributed by atoms with Gasteiger partial charge in [-0.25, -0.2) is 9.97 Å². The summed E-state index contributed by atoms with van der Waals surface area (Å²) in [6, 6.07) is 7.49. The number of aromatic nitrogens is 4. The van der Waals surface area contributed by atoms with Gasteiger partial charge in [-0.1, -0.05) is 6.07 Å². The average Bonchev–Trinajstić information content (AvgIpc) is 3.08. The summed E-state index contributed by atoms with van der Waals surface area (Å²) in [4.78, 5) is 25.1. The highest BCUT2D eigenvalue weighted by atomic mass is 32.1. The fraction of sp³-hybridized carbons (Fsp3) is 0.0714. The number of imidazole rings is 1. The van der Waals surface area contributed by atoms with Crippen molar-refractivity contribution in [3.63, 3.8) is 0 Å². The Labute approximate surface area is 122 Å². The van der Waals surface area contributed by atoms with Crippen molar-refractivity contribution in [1.82, 2.24) is 19.5 Å². The maximum atomic E-state index is 12.5. The largest absolute Gasteiger partial charge is 0.369 e. The van der Waals surface area contributed by atoms with E-state index in [0.717, 1.165) is 4.88 Å². The smallest absolute Gasteiger partial charge is 0.261 e. The van der Waals surface area contributed by atoms with E-state index >= 15 is 0 Å². The van der Waals surface area contributed by atoms with Gasteiger partial charge in [0.15, 0.2) is 5.82 Å². The molecule has 4 aromatic rings. The summed E-state index contributed by atoms with van der Waals surface area (Å²) >= 11 is 1.53. The quantitative estimate of drug-likeness (QED) is 0.563. The summed E-state index contributed by atoms with van der Waals surface area (Å²) in [6.45, 7) is 0. The van der Waals surface area contributed by atoms with Crippen LogP contribution in [0.4, 0.5) is 5.95 Å². The Morgan fingerprint density at radius 3 is 2.81 bits per heavy atom. The van der Waals surface area contributed by atoms with Crippen molar-refractivity contribution in [1.29, 1.82) is 0 Å². The van der Waals surface area contributed by atoms with Crippen molar-refractivity contribution >= 4 is 39.2 Å². The minimum atomic E-state index is -0.183. The van der Waals surface area contributed by atoms with E-state index in [0.29, 0.717) is 33.7 Å². The lowest BCUT2D eigenvalue weighted by atomic mass is 10.2. The number of fused-ring (bicyclic) bond motifs is 3. The molecule has 7 heteroatoms. The van der Waals surface area contributed by atoms with Crippen molar-refractivity contribution < 1.29 is 0 Å². The van der Waals surface area contributed by atoms with Gasteiger partial charge in [-0.2, -0.15) is 0 Å². The molecule has 3 heterocycles. The van der Waals surface area contributed by atoms with Crippen molar-refractivity contribution in [2.75, 3.05) is 5.73 Å². The second-order valence-corrected chi connectivity index (χ2v) is 5.70. The predicted octanol–water partition coefficient (Wildman–Crippen LogP) is 2.12. The lowest BCUT2D eigenvalue weighted by Gasteiger charge is -2.03. The Bertz CT molecular complexity index is 1030. The van der Waals surface area contributed by atoms with Gasteiger partial charge >= 0.3 is 0 Å². The van der Waals surface area contributed by atoms with Crippen LogP contribution in [-0.2, 0) is 7.05 Å². The lowest BCUT2D eigenvalue weighted by molar-refractivity contribution is 0.967. The number of hydrogen-bond donors (Lipinski definition) is 2. The number of nitrogens with zero attached hydrogens (tertiary/aromatic N) is 3. The standard InChI is InChI=1S/C14H11N5OS/c1-19-11-8(17-14(19)15)5-4-7-10(11)13(20)18-12(16-7)9-3-2-6-21-9/h2-6H,1H3,(H2,15,17)(H,16,18,20). The van der Waals surface area contributed by atoms with E-state index in [9.17, 15) is 4.79 Å². The third-order valence-corrected chi connectivity index (χ3v) is 4.37. The number of benzene rings is 1. The molecular formula is C14H11N5OS. The topological polar surface area (TPSA) is 89.6 Å². The van der Waals surface area contributed by atoms with Crippen LogP contribution in [0.1, 0.15) is 0 Å². The first-order valence-electron chi connectivity index (χ1n) is 6.34. The van der Waals surface area contributed by atoms with Gasteiger partial charge < -0.3 is 15.3 Å². The summed E-state index contributed by atoms with van der Waals surface area (Å²) in [7, 11) is 1.79. The molecule has 0 unspecified atom stereocenters. The highest BCUT2D eigenvalue weighted by Crippen LogP contribution is 2.25. The highest BCUT2D eigenvalue weighted by molar-refractivity contribution is 7.13. The molecule has 0 fully saturated rings. The van der Waals surface area contributed by atoms with Gasteiger partial charge in [0, 0.05) is 7.05 Å². The van der Waals surface area contributed by atoms with Gasteiger partial charge in [0.05, 0.1) is 26.8 Å². The number of aromatic amines is 1. The van der Waals surface area contributed by atoms with Gasteiger partial charge in [0.25, 0.3) is 5.56 Å². The minimum absolute atomic E-state index is 0.183. The van der Waals surface area contributed by atoms with Crippen LogP contribution in [0.3, 0.4) is 0 Å². The van der Waals surface area contributed by atoms with E-state index in [4.69, 9.17) is 5.73 Å². The van der Waals surface area contributed by atoms with Crippen LogP contribution in [-0.4, -0.2) is 19.5 Å². The molecule has 3 N–H and O–H groups in total. The zero-order valence-corrected chi connectivity index (χ0v) is 11.9. The Kier molecular flexibility index (Phi) is 2.40. The number of anilines is 1. The minimum Gasteiger partial charge on any atom is -0.369 e. The molecule has 0 saturated carbocycles. The normalized spacial score (nSPS) is 11.5. The van der Waals surface area contributed by atoms with Crippen LogP contribution in [0.5, 0.6) is 0 Å². The summed E-state index contributed by atoms with van der Waals surface area (Å²) in [5.41, 5.74) is 7.67. The van der Waals surface area contributed by atoms with E-state index in [1.165, 1.54) is 11.3 Å². The van der Waals surface area contributed by atoms with Crippen LogP contribution in [0, 0.1) is 0 Å². The molecule has 21 heavy (non-hydrogen) atoms. The van der Waals surface area contributed by atoms with E-state index < -0.39 is 0 Å².